The summed E-state index contributed by atoms with van der Waals surface area (Å²) in [5, 5.41) is 12.5. The first-order valence-electron chi connectivity index (χ1n) is 11.7. The third-order valence-corrected chi connectivity index (χ3v) is 5.91. The van der Waals surface area contributed by atoms with Crippen molar-refractivity contribution >= 4 is 28.9 Å². The van der Waals surface area contributed by atoms with Crippen molar-refractivity contribution in [3.63, 3.8) is 0 Å². The van der Waals surface area contributed by atoms with Crippen LogP contribution in [-0.4, -0.2) is 51.3 Å². The molecule has 0 radical (unpaired) electrons. The monoisotopic (exact) mass is 466 g/mol. The largest absolute Gasteiger partial charge is 0.491 e. The number of ether oxygens (including phenoxy) is 2. The standard InChI is InChI=1S/C25H30N4O5/c1-4-9-29-22-20(11-17(24(31)32)12-21(22)34-10-8-16-13-33-14-16)27-25(29)28-23(30)18-7-6-15(3)26-19(18)5-2/h6-7,11-12,16H,4-5,8-10,13-14H2,1-3H3,(H,31,32)(H,27,28,30). The Balaban J connectivity index is 1.71. The molecule has 0 unspecified atom stereocenters. The van der Waals surface area contributed by atoms with Crippen LogP contribution in [0.4, 0.5) is 5.95 Å². The predicted octanol–water partition coefficient (Wildman–Crippen LogP) is 4.08. The molecule has 1 aromatic carbocycles. The fourth-order valence-corrected chi connectivity index (χ4v) is 4.04. The van der Waals surface area contributed by atoms with Gasteiger partial charge in [0, 0.05) is 18.2 Å². The van der Waals surface area contributed by atoms with Crippen molar-refractivity contribution in [1.82, 2.24) is 14.5 Å². The van der Waals surface area contributed by atoms with E-state index in [0.29, 0.717) is 59.5 Å². The number of benzene rings is 1. The van der Waals surface area contributed by atoms with Crippen molar-refractivity contribution in [2.24, 2.45) is 5.92 Å². The number of fused-ring (bicyclic) bond motifs is 1. The van der Waals surface area contributed by atoms with Gasteiger partial charge in [0.1, 0.15) is 11.3 Å². The van der Waals surface area contributed by atoms with Gasteiger partial charge in [0.05, 0.1) is 42.2 Å². The van der Waals surface area contributed by atoms with Crippen LogP contribution < -0.4 is 10.1 Å². The Morgan fingerprint density at radius 3 is 2.68 bits per heavy atom. The Kier molecular flexibility index (Phi) is 7.12. The fraction of sp³-hybridized carbons (Fsp3) is 0.440. The zero-order valence-electron chi connectivity index (χ0n) is 19.8. The second-order valence-corrected chi connectivity index (χ2v) is 8.53. The lowest BCUT2D eigenvalue weighted by Crippen LogP contribution is -2.28. The molecule has 1 amide bonds. The molecule has 0 aliphatic carbocycles. The number of carboxylic acids is 1. The van der Waals surface area contributed by atoms with Crippen molar-refractivity contribution in [1.29, 1.82) is 0 Å². The predicted molar refractivity (Wildman–Crippen MR) is 128 cm³/mol. The van der Waals surface area contributed by atoms with Crippen molar-refractivity contribution in [2.75, 3.05) is 25.1 Å². The molecule has 1 saturated heterocycles. The number of rotatable bonds is 10. The van der Waals surface area contributed by atoms with Gasteiger partial charge < -0.3 is 19.1 Å². The van der Waals surface area contributed by atoms with Gasteiger partial charge >= 0.3 is 5.97 Å². The Morgan fingerprint density at radius 1 is 1.24 bits per heavy atom. The zero-order valence-corrected chi connectivity index (χ0v) is 19.8. The number of pyridine rings is 1. The molecule has 3 heterocycles. The molecule has 0 spiro atoms. The van der Waals surface area contributed by atoms with Gasteiger partial charge in [-0.3, -0.25) is 15.1 Å². The Bertz CT molecular complexity index is 1220. The van der Waals surface area contributed by atoms with Crippen LogP contribution in [0.15, 0.2) is 24.3 Å². The number of aromatic nitrogens is 3. The summed E-state index contributed by atoms with van der Waals surface area (Å²) >= 11 is 0. The lowest BCUT2D eigenvalue weighted by atomic mass is 10.1. The molecule has 0 bridgehead atoms. The first-order chi connectivity index (χ1) is 16.4. The number of aryl methyl sites for hydroxylation is 3. The van der Waals surface area contributed by atoms with E-state index in [1.165, 1.54) is 12.1 Å². The van der Waals surface area contributed by atoms with E-state index >= 15 is 0 Å². The number of carbonyl (C=O) groups excluding carboxylic acids is 1. The van der Waals surface area contributed by atoms with Crippen LogP contribution in [0.3, 0.4) is 0 Å². The summed E-state index contributed by atoms with van der Waals surface area (Å²) in [7, 11) is 0. The highest BCUT2D eigenvalue weighted by Gasteiger charge is 2.22. The van der Waals surface area contributed by atoms with Crippen molar-refractivity contribution in [3.8, 4) is 5.75 Å². The second-order valence-electron chi connectivity index (χ2n) is 8.53. The number of nitrogens with zero attached hydrogens (tertiary/aromatic N) is 3. The number of nitrogens with one attached hydrogen (secondary N) is 1. The lowest BCUT2D eigenvalue weighted by Gasteiger charge is -2.25. The van der Waals surface area contributed by atoms with E-state index in [1.807, 2.05) is 25.3 Å². The molecule has 180 valence electrons. The number of hydrogen-bond donors (Lipinski definition) is 2. The molecule has 0 atom stereocenters. The summed E-state index contributed by atoms with van der Waals surface area (Å²) in [4.78, 5) is 33.9. The summed E-state index contributed by atoms with van der Waals surface area (Å²) in [6, 6.07) is 6.61. The summed E-state index contributed by atoms with van der Waals surface area (Å²) in [5.41, 5.74) is 3.28. The summed E-state index contributed by atoms with van der Waals surface area (Å²) < 4.78 is 13.2. The molecular weight excluding hydrogens is 436 g/mol. The number of imidazole rings is 1. The van der Waals surface area contributed by atoms with E-state index in [1.54, 1.807) is 12.1 Å². The van der Waals surface area contributed by atoms with Gasteiger partial charge in [-0.15, -0.1) is 0 Å². The van der Waals surface area contributed by atoms with E-state index in [4.69, 9.17) is 9.47 Å². The minimum atomic E-state index is -1.06. The molecule has 4 rings (SSSR count). The van der Waals surface area contributed by atoms with E-state index in [9.17, 15) is 14.7 Å². The van der Waals surface area contributed by atoms with E-state index in [-0.39, 0.29) is 11.5 Å². The molecule has 34 heavy (non-hydrogen) atoms. The van der Waals surface area contributed by atoms with Gasteiger partial charge in [-0.1, -0.05) is 13.8 Å². The maximum absolute atomic E-state index is 13.1. The van der Waals surface area contributed by atoms with Crippen molar-refractivity contribution in [3.05, 3.63) is 46.8 Å². The molecule has 9 nitrogen and oxygen atoms in total. The van der Waals surface area contributed by atoms with Crippen LogP contribution in [0.2, 0.25) is 0 Å². The number of anilines is 1. The van der Waals surface area contributed by atoms with Crippen LogP contribution in [0.1, 0.15) is 58.8 Å². The second kappa shape index (κ2) is 10.2. The third-order valence-electron chi connectivity index (χ3n) is 5.91. The maximum Gasteiger partial charge on any atom is 0.335 e. The molecule has 1 aliphatic rings. The summed E-state index contributed by atoms with van der Waals surface area (Å²) in [6.45, 7) is 8.35. The fourth-order valence-electron chi connectivity index (χ4n) is 4.04. The lowest BCUT2D eigenvalue weighted by molar-refractivity contribution is -0.0400. The van der Waals surface area contributed by atoms with E-state index in [0.717, 1.165) is 31.7 Å². The molecule has 3 aromatic rings. The average Bonchev–Trinajstić information content (AvgIpc) is 3.12. The van der Waals surface area contributed by atoms with Crippen LogP contribution in [0.5, 0.6) is 5.75 Å². The number of carboxylic acid groups (broad SMARTS) is 1. The highest BCUT2D eigenvalue weighted by Crippen LogP contribution is 2.32. The Labute approximate surface area is 198 Å². The van der Waals surface area contributed by atoms with Crippen LogP contribution in [-0.2, 0) is 17.7 Å². The van der Waals surface area contributed by atoms with Gasteiger partial charge in [0.15, 0.2) is 0 Å². The zero-order chi connectivity index (χ0) is 24.2. The highest BCUT2D eigenvalue weighted by atomic mass is 16.5. The van der Waals surface area contributed by atoms with Gasteiger partial charge in [-0.05, 0) is 50.5 Å². The van der Waals surface area contributed by atoms with Crippen LogP contribution in [0, 0.1) is 12.8 Å². The molecule has 1 fully saturated rings. The summed E-state index contributed by atoms with van der Waals surface area (Å²) in [6.07, 6.45) is 2.24. The minimum absolute atomic E-state index is 0.0875. The van der Waals surface area contributed by atoms with Crippen LogP contribution >= 0.6 is 0 Å². The SMILES string of the molecule is CCCn1c(NC(=O)c2ccc(C)nc2CC)nc2cc(C(=O)O)cc(OCCC3COC3)c21. The number of carbonyl (C=O) groups is 2. The third kappa shape index (κ3) is 4.89. The number of aromatic carboxylic acids is 1. The molecule has 2 aromatic heterocycles. The Morgan fingerprint density at radius 2 is 2.03 bits per heavy atom. The van der Waals surface area contributed by atoms with Crippen molar-refractivity contribution < 1.29 is 24.2 Å². The number of hydrogen-bond acceptors (Lipinski definition) is 6. The quantitative estimate of drug-likeness (QED) is 0.463. The van der Waals surface area contributed by atoms with Gasteiger partial charge in [0.25, 0.3) is 5.91 Å². The first-order valence-corrected chi connectivity index (χ1v) is 11.7. The van der Waals surface area contributed by atoms with E-state index < -0.39 is 5.97 Å². The molecule has 9 heteroatoms. The molecule has 2 N–H and O–H groups in total. The van der Waals surface area contributed by atoms with E-state index in [2.05, 4.69) is 15.3 Å². The summed E-state index contributed by atoms with van der Waals surface area (Å²) in [5.74, 6) is -0.104. The molecule has 0 saturated carbocycles. The maximum atomic E-state index is 13.1. The highest BCUT2D eigenvalue weighted by molar-refractivity contribution is 6.05. The smallest absolute Gasteiger partial charge is 0.335 e. The van der Waals surface area contributed by atoms with Gasteiger partial charge in [-0.25, -0.2) is 9.78 Å². The van der Waals surface area contributed by atoms with Gasteiger partial charge in [0.2, 0.25) is 5.95 Å². The van der Waals surface area contributed by atoms with Crippen LogP contribution in [0.25, 0.3) is 11.0 Å². The number of amides is 1. The molecule has 1 aliphatic heterocycles. The molecular formula is C25H30N4O5. The Hall–Kier alpha value is -3.46. The van der Waals surface area contributed by atoms with Gasteiger partial charge in [-0.2, -0.15) is 0 Å². The first kappa shape index (κ1) is 23.7. The van der Waals surface area contributed by atoms with Crippen molar-refractivity contribution in [2.45, 2.75) is 46.6 Å². The average molecular weight is 467 g/mol. The topological polar surface area (TPSA) is 116 Å². The minimum Gasteiger partial charge on any atom is -0.491 e. The normalized spacial score (nSPS) is 13.6.